The molecule has 0 aliphatic carbocycles. The standard InChI is InChI=1S/C30H31N7O3S/c1-38-24-5-2-21(3-6-24)8-10-31-28-27-29(37(19-32-27)23-9-15-41-18-23)34-30(33-28)36-13-11-35(12-14-36)17-22-4-7-25-26(16-22)40-20-39-25/h2-7,9,15-16,18-19H,8,10-14,17,20H2,1H3,(H,31,33,34). The number of methoxy groups -OCH3 is 1. The van der Waals surface area contributed by atoms with Crippen molar-refractivity contribution in [2.24, 2.45) is 0 Å². The van der Waals surface area contributed by atoms with Crippen molar-refractivity contribution in [1.29, 1.82) is 0 Å². The van der Waals surface area contributed by atoms with Crippen molar-refractivity contribution in [1.82, 2.24) is 24.4 Å². The van der Waals surface area contributed by atoms with Gasteiger partial charge in [0.2, 0.25) is 12.7 Å². The van der Waals surface area contributed by atoms with Gasteiger partial charge in [-0.1, -0.05) is 18.2 Å². The maximum Gasteiger partial charge on any atom is 0.231 e. The summed E-state index contributed by atoms with van der Waals surface area (Å²) in [5.41, 5.74) is 5.09. The summed E-state index contributed by atoms with van der Waals surface area (Å²) in [4.78, 5) is 19.5. The second-order valence-electron chi connectivity index (χ2n) is 10.1. The van der Waals surface area contributed by atoms with Crippen LogP contribution in [0.5, 0.6) is 17.2 Å². The Balaban J connectivity index is 1.08. The van der Waals surface area contributed by atoms with Gasteiger partial charge in [0.15, 0.2) is 28.5 Å². The number of hydrogen-bond acceptors (Lipinski definition) is 10. The summed E-state index contributed by atoms with van der Waals surface area (Å²) in [5, 5.41) is 7.72. The molecule has 11 heteroatoms. The average Bonchev–Trinajstić information content (AvgIpc) is 3.79. The maximum atomic E-state index is 5.56. The van der Waals surface area contributed by atoms with E-state index in [0.29, 0.717) is 6.79 Å². The predicted molar refractivity (Wildman–Crippen MR) is 160 cm³/mol. The summed E-state index contributed by atoms with van der Waals surface area (Å²) in [5.74, 6) is 4.00. The van der Waals surface area contributed by atoms with Gasteiger partial charge >= 0.3 is 0 Å². The quantitative estimate of drug-likeness (QED) is 0.274. The lowest BCUT2D eigenvalue weighted by Gasteiger charge is -2.34. The van der Waals surface area contributed by atoms with E-state index in [9.17, 15) is 0 Å². The number of anilines is 2. The molecule has 0 saturated carbocycles. The van der Waals surface area contributed by atoms with E-state index < -0.39 is 0 Å². The van der Waals surface area contributed by atoms with E-state index in [2.05, 4.69) is 56.2 Å². The van der Waals surface area contributed by atoms with Crippen LogP contribution in [0.2, 0.25) is 0 Å². The number of hydrogen-bond donors (Lipinski definition) is 1. The number of piperazine rings is 1. The molecule has 41 heavy (non-hydrogen) atoms. The zero-order valence-electron chi connectivity index (χ0n) is 22.8. The highest BCUT2D eigenvalue weighted by Gasteiger charge is 2.23. The van der Waals surface area contributed by atoms with Crippen molar-refractivity contribution in [2.45, 2.75) is 13.0 Å². The highest BCUT2D eigenvalue weighted by molar-refractivity contribution is 7.08. The summed E-state index contributed by atoms with van der Waals surface area (Å²) in [6, 6.07) is 16.4. The van der Waals surface area contributed by atoms with Gasteiger partial charge in [0, 0.05) is 44.6 Å². The molecule has 3 aromatic heterocycles. The highest BCUT2D eigenvalue weighted by atomic mass is 32.1. The minimum atomic E-state index is 0.297. The number of nitrogens with zero attached hydrogens (tertiary/aromatic N) is 6. The number of rotatable bonds is 9. The molecule has 0 radical (unpaired) electrons. The van der Waals surface area contributed by atoms with Crippen LogP contribution in [0.25, 0.3) is 16.9 Å². The number of imidazole rings is 1. The molecule has 10 nitrogen and oxygen atoms in total. The second-order valence-corrected chi connectivity index (χ2v) is 10.9. The molecule has 0 bridgehead atoms. The Hall–Kier alpha value is -4.35. The van der Waals surface area contributed by atoms with Gasteiger partial charge in [0.25, 0.3) is 0 Å². The van der Waals surface area contributed by atoms with Crippen LogP contribution in [0, 0.1) is 0 Å². The van der Waals surface area contributed by atoms with Crippen molar-refractivity contribution >= 4 is 34.3 Å². The molecule has 0 amide bonds. The lowest BCUT2D eigenvalue weighted by molar-refractivity contribution is 0.174. The molecule has 0 unspecified atom stereocenters. The Morgan fingerprint density at radius 3 is 2.59 bits per heavy atom. The number of thiophene rings is 1. The third kappa shape index (κ3) is 5.38. The highest BCUT2D eigenvalue weighted by Crippen LogP contribution is 2.33. The Bertz CT molecular complexity index is 1630. The number of aromatic nitrogens is 4. The zero-order valence-corrected chi connectivity index (χ0v) is 23.6. The molecule has 5 aromatic rings. The molecular weight excluding hydrogens is 538 g/mol. The molecular formula is C30H31N7O3S. The number of nitrogens with one attached hydrogen (secondary N) is 1. The van der Waals surface area contributed by atoms with E-state index in [0.717, 1.165) is 91.6 Å². The molecule has 2 aliphatic rings. The van der Waals surface area contributed by atoms with Crippen LogP contribution in [0.1, 0.15) is 11.1 Å². The van der Waals surface area contributed by atoms with Gasteiger partial charge in [-0.3, -0.25) is 9.47 Å². The topological polar surface area (TPSA) is 89.8 Å². The van der Waals surface area contributed by atoms with E-state index >= 15 is 0 Å². The first-order valence-corrected chi connectivity index (χ1v) is 14.7. The first-order valence-electron chi connectivity index (χ1n) is 13.7. The fraction of sp³-hybridized carbons (Fsp3) is 0.300. The van der Waals surface area contributed by atoms with Crippen molar-refractivity contribution in [3.05, 3.63) is 76.7 Å². The minimum absolute atomic E-state index is 0.297. The van der Waals surface area contributed by atoms with Crippen molar-refractivity contribution in [3.63, 3.8) is 0 Å². The van der Waals surface area contributed by atoms with E-state index in [1.807, 2.05) is 29.1 Å². The molecule has 0 atom stereocenters. The van der Waals surface area contributed by atoms with Gasteiger partial charge in [-0.2, -0.15) is 21.3 Å². The average molecular weight is 570 g/mol. The fourth-order valence-electron chi connectivity index (χ4n) is 5.26. The zero-order chi connectivity index (χ0) is 27.6. The predicted octanol–water partition coefficient (Wildman–Crippen LogP) is 4.59. The normalized spacial score (nSPS) is 15.0. The van der Waals surface area contributed by atoms with E-state index in [-0.39, 0.29) is 0 Å². The molecule has 2 aromatic carbocycles. The van der Waals surface area contributed by atoms with Gasteiger partial charge in [0.05, 0.1) is 12.8 Å². The Morgan fingerprint density at radius 2 is 1.78 bits per heavy atom. The Kier molecular flexibility index (Phi) is 7.03. The van der Waals surface area contributed by atoms with Crippen LogP contribution in [0.15, 0.2) is 65.6 Å². The lowest BCUT2D eigenvalue weighted by Crippen LogP contribution is -2.46. The third-order valence-electron chi connectivity index (χ3n) is 7.53. The molecule has 1 fully saturated rings. The summed E-state index contributed by atoms with van der Waals surface area (Å²) in [6.07, 6.45) is 2.69. The molecule has 210 valence electrons. The van der Waals surface area contributed by atoms with Crippen LogP contribution in [-0.4, -0.2) is 71.0 Å². The van der Waals surface area contributed by atoms with Gasteiger partial charge in [-0.15, -0.1) is 0 Å². The summed E-state index contributed by atoms with van der Waals surface area (Å²) in [6.45, 7) is 5.41. The smallest absolute Gasteiger partial charge is 0.231 e. The molecule has 2 aliphatic heterocycles. The summed E-state index contributed by atoms with van der Waals surface area (Å²) < 4.78 is 18.3. The molecule has 1 N–H and O–H groups in total. The first-order chi connectivity index (χ1) is 20.2. The second kappa shape index (κ2) is 11.3. The molecule has 0 spiro atoms. The maximum absolute atomic E-state index is 5.56. The van der Waals surface area contributed by atoms with Crippen LogP contribution < -0.4 is 24.4 Å². The van der Waals surface area contributed by atoms with Gasteiger partial charge < -0.3 is 24.4 Å². The van der Waals surface area contributed by atoms with Crippen LogP contribution >= 0.6 is 11.3 Å². The van der Waals surface area contributed by atoms with E-state index in [1.54, 1.807) is 18.4 Å². The first kappa shape index (κ1) is 25.6. The van der Waals surface area contributed by atoms with Crippen LogP contribution in [0.3, 0.4) is 0 Å². The number of ether oxygens (including phenoxy) is 3. The minimum Gasteiger partial charge on any atom is -0.497 e. The lowest BCUT2D eigenvalue weighted by atomic mass is 10.1. The van der Waals surface area contributed by atoms with E-state index in [4.69, 9.17) is 29.2 Å². The summed E-state index contributed by atoms with van der Waals surface area (Å²) >= 11 is 1.66. The molecule has 7 rings (SSSR count). The summed E-state index contributed by atoms with van der Waals surface area (Å²) in [7, 11) is 1.68. The Morgan fingerprint density at radius 1 is 0.951 bits per heavy atom. The van der Waals surface area contributed by atoms with Crippen LogP contribution in [0.4, 0.5) is 11.8 Å². The van der Waals surface area contributed by atoms with Crippen molar-refractivity contribution < 1.29 is 14.2 Å². The van der Waals surface area contributed by atoms with Gasteiger partial charge in [-0.05, 0) is 53.3 Å². The number of benzene rings is 2. The molecule has 5 heterocycles. The van der Waals surface area contributed by atoms with Gasteiger partial charge in [0.1, 0.15) is 12.1 Å². The largest absolute Gasteiger partial charge is 0.497 e. The third-order valence-corrected chi connectivity index (χ3v) is 8.20. The SMILES string of the molecule is COc1ccc(CCNc2nc(N3CCN(Cc4ccc5c(c4)OCO5)CC3)nc3c2ncn3-c2ccsc2)cc1. The van der Waals surface area contributed by atoms with Crippen molar-refractivity contribution in [2.75, 3.05) is 56.8 Å². The number of fused-ring (bicyclic) bond motifs is 2. The van der Waals surface area contributed by atoms with Gasteiger partial charge in [-0.25, -0.2) is 4.98 Å². The van der Waals surface area contributed by atoms with Crippen LogP contribution in [-0.2, 0) is 13.0 Å². The monoisotopic (exact) mass is 569 g/mol. The van der Waals surface area contributed by atoms with E-state index in [1.165, 1.54) is 11.1 Å². The van der Waals surface area contributed by atoms with Crippen molar-refractivity contribution in [3.8, 4) is 22.9 Å². The molecule has 1 saturated heterocycles. The Labute approximate surface area is 242 Å². The fourth-order valence-corrected chi connectivity index (χ4v) is 5.89.